The highest BCUT2D eigenvalue weighted by molar-refractivity contribution is 9.10. The molecular weight excluding hydrogens is 304 g/mol. The first-order chi connectivity index (χ1) is 6.83. The van der Waals surface area contributed by atoms with Gasteiger partial charge in [-0.25, -0.2) is 0 Å². The van der Waals surface area contributed by atoms with Crippen molar-refractivity contribution < 1.29 is 0 Å². The van der Waals surface area contributed by atoms with E-state index in [0.717, 1.165) is 29.1 Å². The molecule has 2 heteroatoms. The van der Waals surface area contributed by atoms with Gasteiger partial charge < -0.3 is 0 Å². The highest BCUT2D eigenvalue weighted by Gasteiger charge is 1.90. The van der Waals surface area contributed by atoms with Crippen molar-refractivity contribution in [2.75, 3.05) is 5.33 Å². The zero-order chi connectivity index (χ0) is 10.2. The lowest BCUT2D eigenvalue weighted by atomic mass is 10.1. The van der Waals surface area contributed by atoms with Crippen LogP contribution in [0.2, 0.25) is 0 Å². The van der Waals surface area contributed by atoms with Crippen molar-refractivity contribution >= 4 is 31.9 Å². The van der Waals surface area contributed by atoms with E-state index in [2.05, 4.69) is 68.3 Å². The van der Waals surface area contributed by atoms with Crippen LogP contribution in [0.4, 0.5) is 0 Å². The molecule has 0 fully saturated rings. The number of allylic oxidation sites excluding steroid dienone is 2. The van der Waals surface area contributed by atoms with Gasteiger partial charge in [-0.05, 0) is 37.0 Å². The molecule has 0 aromatic heterocycles. The lowest BCUT2D eigenvalue weighted by Crippen LogP contribution is -1.82. The van der Waals surface area contributed by atoms with Crippen LogP contribution >= 0.6 is 31.9 Å². The Bertz CT molecular complexity index is 275. The van der Waals surface area contributed by atoms with Crippen LogP contribution < -0.4 is 0 Å². The van der Waals surface area contributed by atoms with Crippen LogP contribution in [-0.2, 0) is 6.42 Å². The quantitative estimate of drug-likeness (QED) is 0.544. The van der Waals surface area contributed by atoms with Crippen molar-refractivity contribution in [1.82, 2.24) is 0 Å². The molecule has 1 rings (SSSR count). The molecule has 0 aliphatic carbocycles. The van der Waals surface area contributed by atoms with E-state index in [1.165, 1.54) is 5.56 Å². The number of hydrogen-bond donors (Lipinski definition) is 0. The molecule has 0 atom stereocenters. The summed E-state index contributed by atoms with van der Waals surface area (Å²) in [5.74, 6) is 0. The second-order valence-electron chi connectivity index (χ2n) is 3.11. The van der Waals surface area contributed by atoms with Crippen molar-refractivity contribution in [2.45, 2.75) is 19.3 Å². The smallest absolute Gasteiger partial charge is 0.0175 e. The Hall–Kier alpha value is -0.0800. The fraction of sp³-hybridized carbons (Fsp3) is 0.333. The van der Waals surface area contributed by atoms with E-state index in [0.29, 0.717) is 0 Å². The first-order valence-electron chi connectivity index (χ1n) is 4.78. The third-order valence-electron chi connectivity index (χ3n) is 1.96. The van der Waals surface area contributed by atoms with Gasteiger partial charge in [0.1, 0.15) is 0 Å². The Morgan fingerprint density at radius 2 is 1.64 bits per heavy atom. The van der Waals surface area contributed by atoms with Gasteiger partial charge in [0.25, 0.3) is 0 Å². The molecule has 0 amide bonds. The minimum Gasteiger partial charge on any atom is -0.0925 e. The number of aryl methyl sites for hydroxylation is 1. The van der Waals surface area contributed by atoms with Gasteiger partial charge in [0, 0.05) is 9.80 Å². The number of alkyl halides is 1. The maximum absolute atomic E-state index is 3.43. The average Bonchev–Trinajstić information content (AvgIpc) is 2.21. The Kier molecular flexibility index (Phi) is 6.20. The van der Waals surface area contributed by atoms with E-state index in [1.54, 1.807) is 0 Å². The number of benzene rings is 1. The maximum Gasteiger partial charge on any atom is 0.0175 e. The summed E-state index contributed by atoms with van der Waals surface area (Å²) in [6.07, 6.45) is 7.87. The third-order valence-corrected chi connectivity index (χ3v) is 2.94. The summed E-state index contributed by atoms with van der Waals surface area (Å²) < 4.78 is 1.15. The standard InChI is InChI=1S/C12H14Br2/c13-10-4-2-1-3-5-11-6-8-12(14)9-7-11/h1-2,6-9H,3-5,10H2/b2-1+. The fourth-order valence-corrected chi connectivity index (χ4v) is 1.73. The predicted octanol–water partition coefficient (Wildman–Crippen LogP) is 4.72. The number of hydrogen-bond acceptors (Lipinski definition) is 0. The molecule has 0 radical (unpaired) electrons. The van der Waals surface area contributed by atoms with Crippen LogP contribution in [0.1, 0.15) is 18.4 Å². The van der Waals surface area contributed by atoms with E-state index in [1.807, 2.05) is 0 Å². The first kappa shape index (κ1) is 12.0. The van der Waals surface area contributed by atoms with E-state index < -0.39 is 0 Å². The zero-order valence-corrected chi connectivity index (χ0v) is 11.2. The van der Waals surface area contributed by atoms with Crippen molar-refractivity contribution in [3.05, 3.63) is 46.5 Å². The molecule has 0 nitrogen and oxygen atoms in total. The van der Waals surface area contributed by atoms with Crippen LogP contribution in [0, 0.1) is 0 Å². The molecule has 0 heterocycles. The van der Waals surface area contributed by atoms with Crippen LogP contribution in [0.25, 0.3) is 0 Å². The topological polar surface area (TPSA) is 0 Å². The predicted molar refractivity (Wildman–Crippen MR) is 70.0 cm³/mol. The SMILES string of the molecule is BrCC/C=C/CCc1ccc(Br)cc1. The molecule has 14 heavy (non-hydrogen) atoms. The minimum atomic E-state index is 1.06. The van der Waals surface area contributed by atoms with Crippen molar-refractivity contribution in [2.24, 2.45) is 0 Å². The molecule has 0 bridgehead atoms. The lowest BCUT2D eigenvalue weighted by molar-refractivity contribution is 0.993. The number of halogens is 2. The molecule has 76 valence electrons. The average molecular weight is 318 g/mol. The molecule has 0 spiro atoms. The van der Waals surface area contributed by atoms with Crippen LogP contribution in [0.3, 0.4) is 0 Å². The summed E-state index contributed by atoms with van der Waals surface area (Å²) in [5.41, 5.74) is 1.40. The van der Waals surface area contributed by atoms with Gasteiger partial charge in [-0.1, -0.05) is 56.1 Å². The molecule has 0 saturated heterocycles. The van der Waals surface area contributed by atoms with Gasteiger partial charge >= 0.3 is 0 Å². The van der Waals surface area contributed by atoms with E-state index >= 15 is 0 Å². The normalized spacial score (nSPS) is 11.0. The third kappa shape index (κ3) is 4.97. The summed E-state index contributed by atoms with van der Waals surface area (Å²) in [6.45, 7) is 0. The largest absolute Gasteiger partial charge is 0.0925 e. The van der Waals surface area contributed by atoms with Gasteiger partial charge in [0.05, 0.1) is 0 Å². The van der Waals surface area contributed by atoms with Gasteiger partial charge in [0.15, 0.2) is 0 Å². The molecule has 1 aromatic rings. The molecule has 0 N–H and O–H groups in total. The van der Waals surface area contributed by atoms with Gasteiger partial charge in [-0.3, -0.25) is 0 Å². The Labute approximate surface area is 103 Å². The Balaban J connectivity index is 2.28. The second kappa shape index (κ2) is 7.24. The monoisotopic (exact) mass is 316 g/mol. The van der Waals surface area contributed by atoms with Crippen molar-refractivity contribution in [3.8, 4) is 0 Å². The highest BCUT2D eigenvalue weighted by Crippen LogP contribution is 2.11. The number of rotatable bonds is 5. The van der Waals surface area contributed by atoms with Crippen molar-refractivity contribution in [3.63, 3.8) is 0 Å². The van der Waals surface area contributed by atoms with Crippen molar-refractivity contribution in [1.29, 1.82) is 0 Å². The molecule has 0 saturated carbocycles. The minimum absolute atomic E-state index is 1.06. The zero-order valence-electron chi connectivity index (χ0n) is 8.05. The van der Waals surface area contributed by atoms with Gasteiger partial charge in [0.2, 0.25) is 0 Å². The summed E-state index contributed by atoms with van der Waals surface area (Å²) in [7, 11) is 0. The van der Waals surface area contributed by atoms with Crippen LogP contribution in [0.5, 0.6) is 0 Å². The first-order valence-corrected chi connectivity index (χ1v) is 6.70. The summed E-state index contributed by atoms with van der Waals surface area (Å²) in [4.78, 5) is 0. The Morgan fingerprint density at radius 3 is 2.29 bits per heavy atom. The van der Waals surface area contributed by atoms with E-state index in [9.17, 15) is 0 Å². The van der Waals surface area contributed by atoms with Crippen LogP contribution in [-0.4, -0.2) is 5.33 Å². The highest BCUT2D eigenvalue weighted by atomic mass is 79.9. The summed E-state index contributed by atoms with van der Waals surface area (Å²) in [5, 5.41) is 1.06. The molecule has 0 aliphatic heterocycles. The molecule has 0 unspecified atom stereocenters. The molecular formula is C12H14Br2. The molecule has 1 aromatic carbocycles. The Morgan fingerprint density at radius 1 is 1.00 bits per heavy atom. The lowest BCUT2D eigenvalue weighted by Gasteiger charge is -1.97. The van der Waals surface area contributed by atoms with Gasteiger partial charge in [-0.2, -0.15) is 0 Å². The molecule has 0 aliphatic rings. The van der Waals surface area contributed by atoms with E-state index in [4.69, 9.17) is 0 Å². The maximum atomic E-state index is 3.43. The van der Waals surface area contributed by atoms with Gasteiger partial charge in [-0.15, -0.1) is 0 Å². The van der Waals surface area contributed by atoms with Crippen LogP contribution in [0.15, 0.2) is 40.9 Å². The second-order valence-corrected chi connectivity index (χ2v) is 4.82. The van der Waals surface area contributed by atoms with E-state index in [-0.39, 0.29) is 0 Å². The summed E-state index contributed by atoms with van der Waals surface area (Å²) in [6, 6.07) is 8.53. The fourth-order valence-electron chi connectivity index (χ4n) is 1.20. The summed E-state index contributed by atoms with van der Waals surface area (Å²) >= 11 is 6.83.